The van der Waals surface area contributed by atoms with E-state index < -0.39 is 24.5 Å². The summed E-state index contributed by atoms with van der Waals surface area (Å²) in [5.74, 6) is 1.17. The normalized spacial score (nSPS) is 33.8. The Labute approximate surface area is 561 Å². The fourth-order valence-electron chi connectivity index (χ4n) is 13.2. The molecular weight excluding hydrogens is 1420 g/mol. The van der Waals surface area contributed by atoms with Crippen LogP contribution in [0.4, 0.5) is 0 Å². The van der Waals surface area contributed by atoms with Gasteiger partial charge in [0.15, 0.2) is 0 Å². The number of unbranched alkanes of at least 4 members (excludes halogenated alkanes) is 7. The maximum atomic E-state index is 12.9. The van der Waals surface area contributed by atoms with Crippen LogP contribution in [-0.4, -0.2) is 103 Å². The van der Waals surface area contributed by atoms with Crippen LogP contribution in [0.5, 0.6) is 0 Å². The fourth-order valence-corrected chi connectivity index (χ4v) is 28.2. The van der Waals surface area contributed by atoms with Crippen molar-refractivity contribution in [3.63, 3.8) is 0 Å². The molecule has 0 aromatic rings. The summed E-state index contributed by atoms with van der Waals surface area (Å²) in [6.07, 6.45) is 52.0. The Balaban J connectivity index is 0.000000442. The van der Waals surface area contributed by atoms with Crippen LogP contribution in [0.2, 0.25) is 13.3 Å². The van der Waals surface area contributed by atoms with Gasteiger partial charge in [0.05, 0.1) is 67.8 Å². The maximum absolute atomic E-state index is 12.9. The van der Waals surface area contributed by atoms with Crippen molar-refractivity contribution in [2.45, 2.75) is 329 Å². The summed E-state index contributed by atoms with van der Waals surface area (Å²) in [4.78, 5) is 25.5. The Morgan fingerprint density at radius 3 is 1.39 bits per heavy atom. The molecule has 6 aliphatic heterocycles. The van der Waals surface area contributed by atoms with Crippen LogP contribution >= 0.6 is 46.6 Å². The van der Waals surface area contributed by atoms with Crippen molar-refractivity contribution in [2.24, 2.45) is 29.6 Å². The van der Waals surface area contributed by atoms with Gasteiger partial charge in [0, 0.05) is 36.8 Å². The molecule has 0 aromatic carbocycles. The molecule has 8 bridgehead atoms. The third-order valence-electron chi connectivity index (χ3n) is 18.0. The van der Waals surface area contributed by atoms with E-state index >= 15 is 0 Å². The first-order valence-corrected chi connectivity index (χ1v) is 42.9. The van der Waals surface area contributed by atoms with E-state index in [4.69, 9.17) is 28.4 Å². The van der Waals surface area contributed by atoms with E-state index in [1.165, 1.54) is 83.5 Å². The van der Waals surface area contributed by atoms with Crippen molar-refractivity contribution in [1.82, 2.24) is 0 Å². The number of aliphatic hydroxyl groups excluding tert-OH is 1. The Hall–Kier alpha value is 0.0231. The number of cyclic esters (lactones) is 2. The molecule has 4 saturated heterocycles. The zero-order valence-electron chi connectivity index (χ0n) is 54.5. The average molecular weight is 1540 g/mol. The molecule has 0 spiro atoms. The number of fused-ring (bicyclic) bond motifs is 8. The zero-order valence-corrected chi connectivity index (χ0v) is 63.3. The number of esters is 2. The summed E-state index contributed by atoms with van der Waals surface area (Å²) in [6, 6.07) is 0. The number of aliphatic hydroxyl groups is 1. The van der Waals surface area contributed by atoms with E-state index in [-0.39, 0.29) is 128 Å². The van der Waals surface area contributed by atoms with Crippen LogP contribution in [-0.2, 0) is 56.6 Å². The van der Waals surface area contributed by atoms with Crippen molar-refractivity contribution in [1.29, 1.82) is 0 Å². The van der Waals surface area contributed by atoms with Gasteiger partial charge >= 0.3 is 139 Å². The smallest absolute Gasteiger partial charge is 0.309 e. The average Bonchev–Trinajstić information content (AvgIpc) is 3.55. The quantitative estimate of drug-likeness (QED) is 0.0338. The minimum Gasteiger partial charge on any atom is -0.457 e. The molecule has 16 atom stereocenters. The van der Waals surface area contributed by atoms with Gasteiger partial charge in [-0.1, -0.05) is 120 Å². The Morgan fingerprint density at radius 1 is 0.512 bits per heavy atom. The summed E-state index contributed by atoms with van der Waals surface area (Å²) in [7, 11) is 0. The topological polar surface area (TPSA) is 110 Å². The second-order valence-corrected chi connectivity index (χ2v) is 40.0. The fraction of sp³-hybridized carbons (Fsp3) is 0.803. The second-order valence-electron chi connectivity index (χ2n) is 26.3. The number of halogens is 2. The van der Waals surface area contributed by atoms with Gasteiger partial charge in [0.25, 0.3) is 0 Å². The van der Waals surface area contributed by atoms with Crippen LogP contribution in [0.3, 0.4) is 0 Å². The molecule has 84 heavy (non-hydrogen) atoms. The number of hydrogen-bond donors (Lipinski definition) is 1. The van der Waals surface area contributed by atoms with Crippen LogP contribution in [0, 0.1) is 29.6 Å². The van der Waals surface area contributed by atoms with E-state index in [1.807, 2.05) is 22.3 Å². The van der Waals surface area contributed by atoms with Gasteiger partial charge in [-0.3, -0.25) is 9.59 Å². The summed E-state index contributed by atoms with van der Waals surface area (Å²) in [5.41, 5.74) is 0. The van der Waals surface area contributed by atoms with Crippen LogP contribution < -0.4 is 0 Å². The van der Waals surface area contributed by atoms with Crippen LogP contribution in [0.15, 0.2) is 68.9 Å². The van der Waals surface area contributed by atoms with Crippen LogP contribution in [0.25, 0.3) is 0 Å². The summed E-state index contributed by atoms with van der Waals surface area (Å²) in [5, 5.41) is 10.3. The summed E-state index contributed by atoms with van der Waals surface area (Å²) < 4.78 is 46.9. The summed E-state index contributed by atoms with van der Waals surface area (Å²) >= 11 is 0.242. The van der Waals surface area contributed by atoms with E-state index in [0.29, 0.717) is 43.1 Å². The van der Waals surface area contributed by atoms with Gasteiger partial charge in [0.2, 0.25) is 0 Å². The van der Waals surface area contributed by atoms with Crippen LogP contribution in [0.1, 0.15) is 249 Å². The standard InChI is InChI=1S/C30H48O4.C23H35IO5.C6H11.3C4H9.HI.Sn.V/c1-5-6-7-8-9-10-14-29-24(4)16-15-22(2)17-25-12-11-13-26(32-25)20-27-18-23(3)19-28(33-27)21-30(31)34-29;1-15-6-7-16(2)22(8-9-24)29-23(26)14-21-12-17(25)11-20(28-21)13-19-5-3-4-18(10-15)27-19;1-3-5-6-4-2;3*1-3-4-2;;;/h8-10,14-16,22-29H,5-7,11-13,17-21H2,1-4H3;6-9,15-22,25H,3-5,10-14H2,1-2H3;1,3H,4-6H2,2H3;3*1,3-4H2,2H3;1H;;/b9-8?,14-10+,16-15+;7-6+,9-8+;;;;;;;/t22-,23+,24-,25+,26?,27+,28?,29?;15-,16-,17+,18+,19?,20+,21?,22?;;;;;;;/m00......./s1. The number of hydrogen-bond acceptors (Lipinski definition) is 9. The molecule has 6 rings (SSSR count). The monoisotopic (exact) mass is 1540 g/mol. The molecule has 9 nitrogen and oxygen atoms in total. The van der Waals surface area contributed by atoms with E-state index in [1.54, 1.807) is 13.3 Å². The maximum Gasteiger partial charge on any atom is 0.309 e. The molecule has 483 valence electrons. The van der Waals surface area contributed by atoms with Gasteiger partial charge in [-0.2, -0.15) is 0 Å². The number of carbonyl (C=O) groups excluding carboxylic acids is 2. The van der Waals surface area contributed by atoms with Crippen molar-refractivity contribution in [3.05, 3.63) is 68.9 Å². The molecule has 6 unspecified atom stereocenters. The third-order valence-corrected chi connectivity index (χ3v) is 32.7. The van der Waals surface area contributed by atoms with Gasteiger partial charge in [-0.25, -0.2) is 0 Å². The Bertz CT molecular complexity index is 1890. The molecule has 0 aliphatic carbocycles. The van der Waals surface area contributed by atoms with Gasteiger partial charge in [-0.05, 0) is 124 Å². The van der Waals surface area contributed by atoms with E-state index in [9.17, 15) is 14.7 Å². The number of ether oxygens (including phenoxy) is 6. The number of rotatable bonds is 19. The Morgan fingerprint density at radius 2 is 0.917 bits per heavy atom. The van der Waals surface area contributed by atoms with Gasteiger partial charge in [-0.15, -0.1) is 24.0 Å². The van der Waals surface area contributed by atoms with E-state index in [2.05, 4.69) is 138 Å². The molecule has 13 heteroatoms. The molecule has 6 aliphatic rings. The largest absolute Gasteiger partial charge is 0.457 e. The first kappa shape index (κ1) is 80.1. The zero-order chi connectivity index (χ0) is 59.5. The molecular formula is C71H122I2O9SnV. The predicted molar refractivity (Wildman–Crippen MR) is 368 cm³/mol. The summed E-state index contributed by atoms with van der Waals surface area (Å²) in [6.45, 7) is 22.6. The Kier molecular flexibility index (Phi) is 44.8. The number of carbonyl (C=O) groups is 2. The van der Waals surface area contributed by atoms with E-state index in [0.717, 1.165) is 70.6 Å². The third kappa shape index (κ3) is 33.4. The first-order valence-electron chi connectivity index (χ1n) is 33.9. The number of allylic oxidation sites excluding steroid dienone is 6. The SMILES string of the molecule is CCCC/C=[CH]\[Sn]([CH2]CCC)([CH2]CCC)[CH2]CCC.CCCCC=C/C=C/C1OC(=O)CC2C[C@H](C)C[C@H](CC3CCC[C@H](C[C@@H](C)/C=C/[C@@H]1C)O3)O2.C[C@H]1/C=C/[C@H](C)C(/C=C/I)OC(=O)CC2C[C@H](O)C[C@H](CC3CCC[C@H](C1)O3)O2.I.[V]. The van der Waals surface area contributed by atoms with Gasteiger partial charge in [0.1, 0.15) is 12.2 Å². The molecule has 1 radical (unpaired) electrons. The minimum atomic E-state index is -1.91. The van der Waals surface area contributed by atoms with Crippen molar-refractivity contribution < 1.29 is 61.7 Å². The molecule has 4 fully saturated rings. The van der Waals surface area contributed by atoms with Gasteiger partial charge < -0.3 is 33.5 Å². The predicted octanol–water partition coefficient (Wildman–Crippen LogP) is 19.8. The minimum absolute atomic E-state index is 0. The van der Waals surface area contributed by atoms with Crippen molar-refractivity contribution in [3.8, 4) is 0 Å². The molecule has 1 N–H and O–H groups in total. The molecule has 6 heterocycles. The first-order chi connectivity index (χ1) is 39.6. The van der Waals surface area contributed by atoms with Crippen molar-refractivity contribution >= 4 is 76.9 Å². The van der Waals surface area contributed by atoms with Crippen molar-refractivity contribution in [2.75, 3.05) is 0 Å². The molecule has 0 amide bonds. The second kappa shape index (κ2) is 47.0. The molecule has 0 saturated carbocycles. The molecule has 0 aromatic heterocycles.